The summed E-state index contributed by atoms with van der Waals surface area (Å²) in [7, 11) is 5.98. The van der Waals surface area contributed by atoms with Gasteiger partial charge < -0.3 is 33.4 Å². The normalized spacial score (nSPS) is 17.3. The van der Waals surface area contributed by atoms with E-state index < -0.39 is 17.8 Å². The van der Waals surface area contributed by atoms with Gasteiger partial charge in [-0.25, -0.2) is 4.98 Å². The van der Waals surface area contributed by atoms with Crippen molar-refractivity contribution < 1.29 is 33.2 Å². The first-order valence-corrected chi connectivity index (χ1v) is 13.0. The minimum absolute atomic E-state index is 0.106. The average molecular weight is 583 g/mol. The van der Waals surface area contributed by atoms with Gasteiger partial charge in [-0.1, -0.05) is 23.2 Å². The summed E-state index contributed by atoms with van der Waals surface area (Å²) in [5.41, 5.74) is 4.29. The second kappa shape index (κ2) is 10.1. The third-order valence-corrected chi connectivity index (χ3v) is 7.91. The zero-order chi connectivity index (χ0) is 28.1. The maximum atomic E-state index is 13.6. The summed E-state index contributed by atoms with van der Waals surface area (Å²) in [5.74, 6) is 1.19. The Morgan fingerprint density at radius 1 is 0.925 bits per heavy atom. The van der Waals surface area contributed by atoms with Crippen LogP contribution in [0.5, 0.6) is 28.7 Å². The third-order valence-electron chi connectivity index (χ3n) is 7.19. The van der Waals surface area contributed by atoms with Crippen molar-refractivity contribution in [2.45, 2.75) is 5.92 Å². The predicted octanol–water partition coefficient (Wildman–Crippen LogP) is 6.10. The smallest absolute Gasteiger partial charge is 0.314 e. The topological polar surface area (TPSA) is 101 Å². The van der Waals surface area contributed by atoms with Crippen molar-refractivity contribution in [3.63, 3.8) is 0 Å². The van der Waals surface area contributed by atoms with E-state index in [1.165, 1.54) is 14.2 Å². The monoisotopic (exact) mass is 582 g/mol. The maximum absolute atomic E-state index is 13.6. The van der Waals surface area contributed by atoms with E-state index in [0.717, 1.165) is 16.7 Å². The summed E-state index contributed by atoms with van der Waals surface area (Å²) in [4.78, 5) is 21.7. The Bertz CT molecular complexity index is 1630. The van der Waals surface area contributed by atoms with E-state index in [-0.39, 0.29) is 6.79 Å². The predicted molar refractivity (Wildman–Crippen MR) is 150 cm³/mol. The summed E-state index contributed by atoms with van der Waals surface area (Å²) in [6.45, 7) is 0.106. The molecular weight excluding hydrogens is 559 g/mol. The second-order valence-corrected chi connectivity index (χ2v) is 10.1. The summed E-state index contributed by atoms with van der Waals surface area (Å²) >= 11 is 12.5. The number of imidazole rings is 1. The van der Waals surface area contributed by atoms with Gasteiger partial charge in [-0.2, -0.15) is 0 Å². The van der Waals surface area contributed by atoms with Crippen LogP contribution in [0.15, 0.2) is 36.4 Å². The Balaban J connectivity index is 1.63. The van der Waals surface area contributed by atoms with Crippen LogP contribution in [0.1, 0.15) is 28.4 Å². The lowest BCUT2D eigenvalue weighted by molar-refractivity contribution is -0.143. The molecule has 0 radical (unpaired) electrons. The second-order valence-electron chi connectivity index (χ2n) is 9.24. The highest BCUT2D eigenvalue weighted by Crippen LogP contribution is 2.52. The van der Waals surface area contributed by atoms with Gasteiger partial charge in [0.2, 0.25) is 12.5 Å². The Labute approximate surface area is 239 Å². The van der Waals surface area contributed by atoms with E-state index in [4.69, 9.17) is 56.6 Å². The molecule has 9 nitrogen and oxygen atoms in total. The van der Waals surface area contributed by atoms with Crippen LogP contribution < -0.4 is 23.7 Å². The number of fused-ring (bicyclic) bond motifs is 3. The highest BCUT2D eigenvalue weighted by Gasteiger charge is 2.42. The van der Waals surface area contributed by atoms with Gasteiger partial charge in [-0.05, 0) is 59.2 Å². The van der Waals surface area contributed by atoms with Crippen molar-refractivity contribution in [2.75, 3.05) is 35.2 Å². The van der Waals surface area contributed by atoms with Crippen LogP contribution in [0.25, 0.3) is 22.7 Å². The number of nitrogens with zero attached hydrogens (tertiary/aromatic N) is 1. The third kappa shape index (κ3) is 4.17. The van der Waals surface area contributed by atoms with Gasteiger partial charge >= 0.3 is 5.97 Å². The van der Waals surface area contributed by atoms with Crippen molar-refractivity contribution in [2.24, 2.45) is 5.92 Å². The number of aromatic amines is 1. The van der Waals surface area contributed by atoms with Gasteiger partial charge in [0.15, 0.2) is 23.0 Å². The van der Waals surface area contributed by atoms with Gasteiger partial charge in [-0.3, -0.25) is 4.79 Å². The van der Waals surface area contributed by atoms with Crippen molar-refractivity contribution in [3.8, 4) is 28.7 Å². The highest BCUT2D eigenvalue weighted by atomic mass is 35.5. The van der Waals surface area contributed by atoms with Crippen LogP contribution in [0, 0.1) is 5.92 Å². The number of halogens is 2. The number of nitrogens with one attached hydrogen (secondary N) is 1. The first-order valence-electron chi connectivity index (χ1n) is 12.2. The molecular formula is C29H24Cl2N2O7. The summed E-state index contributed by atoms with van der Waals surface area (Å²) in [6.07, 6.45) is 1.91. The first kappa shape index (κ1) is 26.2. The fraction of sp³-hybridized carbons (Fsp3) is 0.241. The molecule has 1 aliphatic carbocycles. The summed E-state index contributed by atoms with van der Waals surface area (Å²) in [6, 6.07) is 10.8. The Hall–Kier alpha value is -4.08. The molecule has 2 aliphatic rings. The maximum Gasteiger partial charge on any atom is 0.314 e. The van der Waals surface area contributed by atoms with Crippen molar-refractivity contribution in [1.29, 1.82) is 0 Å². The molecule has 40 heavy (non-hydrogen) atoms. The fourth-order valence-corrected chi connectivity index (χ4v) is 5.71. The standard InChI is InChI=1S/C29H24Cl2N2O7/c1-35-23-7-14(8-24(36-2)27(23)37-3)25-15-9-22-21(39-12-40-22)6-13(15)5-16(26(25)29(34)38-4)28-32-19-10-17(30)18(31)11-20(19)33-28/h5-11,25-26H,12H2,1-4H3,(H,32,33)/t25-,26+/m1/s1. The van der Waals surface area contributed by atoms with Crippen LogP contribution >= 0.6 is 23.2 Å². The van der Waals surface area contributed by atoms with Crippen LogP contribution in [0.2, 0.25) is 10.0 Å². The van der Waals surface area contributed by atoms with Gasteiger partial charge in [0.1, 0.15) is 5.82 Å². The molecule has 1 aromatic heterocycles. The molecule has 1 aliphatic heterocycles. The number of carbonyl (C=O) groups is 1. The van der Waals surface area contributed by atoms with E-state index >= 15 is 0 Å². The molecule has 0 saturated carbocycles. The lowest BCUT2D eigenvalue weighted by Crippen LogP contribution is -2.29. The lowest BCUT2D eigenvalue weighted by Gasteiger charge is -2.33. The molecule has 0 saturated heterocycles. The summed E-state index contributed by atoms with van der Waals surface area (Å²) in [5, 5.41) is 0.766. The number of esters is 1. The molecule has 1 N–H and O–H groups in total. The number of rotatable bonds is 6. The summed E-state index contributed by atoms with van der Waals surface area (Å²) < 4.78 is 33.6. The van der Waals surface area contributed by atoms with E-state index in [1.807, 2.05) is 30.3 Å². The van der Waals surface area contributed by atoms with Gasteiger partial charge in [0.25, 0.3) is 0 Å². The van der Waals surface area contributed by atoms with Crippen LogP contribution in [-0.4, -0.2) is 51.2 Å². The van der Waals surface area contributed by atoms with E-state index in [9.17, 15) is 4.79 Å². The molecule has 11 heteroatoms. The number of hydrogen-bond acceptors (Lipinski definition) is 8. The zero-order valence-electron chi connectivity index (χ0n) is 22.0. The number of aromatic nitrogens is 2. The molecule has 206 valence electrons. The number of benzene rings is 3. The van der Waals surface area contributed by atoms with E-state index in [1.54, 1.807) is 26.4 Å². The fourth-order valence-electron chi connectivity index (χ4n) is 5.38. The van der Waals surface area contributed by atoms with E-state index in [2.05, 4.69) is 4.98 Å². The Morgan fingerprint density at radius 2 is 1.60 bits per heavy atom. The minimum atomic E-state index is -0.813. The minimum Gasteiger partial charge on any atom is -0.493 e. The van der Waals surface area contributed by atoms with Gasteiger partial charge in [0, 0.05) is 11.5 Å². The quantitative estimate of drug-likeness (QED) is 0.272. The van der Waals surface area contributed by atoms with Gasteiger partial charge in [0.05, 0.1) is 55.4 Å². The van der Waals surface area contributed by atoms with E-state index in [0.29, 0.717) is 61.2 Å². The zero-order valence-corrected chi connectivity index (χ0v) is 23.5. The Kier molecular flexibility index (Phi) is 6.64. The number of ether oxygens (including phenoxy) is 6. The molecule has 4 aromatic rings. The molecule has 0 spiro atoms. The van der Waals surface area contributed by atoms with Crippen molar-refractivity contribution >= 4 is 51.9 Å². The molecule has 3 aromatic carbocycles. The number of hydrogen-bond donors (Lipinski definition) is 1. The molecule has 0 fully saturated rings. The van der Waals surface area contributed by atoms with Crippen LogP contribution in [0.4, 0.5) is 0 Å². The van der Waals surface area contributed by atoms with Crippen molar-refractivity contribution in [3.05, 3.63) is 69.0 Å². The SMILES string of the molecule is COC(=O)[C@H]1C(c2nc3cc(Cl)c(Cl)cc3[nH]2)=Cc2cc3c(cc2[C@H]1c1cc(OC)c(OC)c(OC)c1)OCO3. The Morgan fingerprint density at radius 3 is 2.25 bits per heavy atom. The molecule has 0 unspecified atom stereocenters. The van der Waals surface area contributed by atoms with Crippen molar-refractivity contribution in [1.82, 2.24) is 9.97 Å². The average Bonchev–Trinajstić information content (AvgIpc) is 3.60. The highest BCUT2D eigenvalue weighted by molar-refractivity contribution is 6.42. The number of methoxy groups -OCH3 is 4. The molecule has 0 bridgehead atoms. The largest absolute Gasteiger partial charge is 0.493 e. The molecule has 2 atom stereocenters. The van der Waals surface area contributed by atoms with Crippen LogP contribution in [-0.2, 0) is 9.53 Å². The molecule has 6 rings (SSSR count). The lowest BCUT2D eigenvalue weighted by atomic mass is 9.71. The number of H-pyrrole nitrogens is 1. The number of carbonyl (C=O) groups excluding carboxylic acids is 1. The molecule has 2 heterocycles. The van der Waals surface area contributed by atoms with Gasteiger partial charge in [-0.15, -0.1) is 0 Å². The van der Waals surface area contributed by atoms with Crippen LogP contribution in [0.3, 0.4) is 0 Å². The molecule has 0 amide bonds. The first-order chi connectivity index (χ1) is 19.4.